The summed E-state index contributed by atoms with van der Waals surface area (Å²) in [6, 6.07) is 15.3. The first-order valence-electron chi connectivity index (χ1n) is 8.82. The third-order valence-electron chi connectivity index (χ3n) is 4.52. The number of carboxylic acids is 2. The number of carboxylic acid groups (broad SMARTS) is 2. The van der Waals surface area contributed by atoms with E-state index in [4.69, 9.17) is 14.3 Å². The maximum atomic E-state index is 10.8. The van der Waals surface area contributed by atoms with Crippen LogP contribution in [0.1, 0.15) is 11.1 Å². The number of hydrogen-bond donors (Lipinski definition) is 2. The van der Waals surface area contributed by atoms with Gasteiger partial charge < -0.3 is 14.3 Å². The standard InChI is InChI=1S/C20H26O5Si2/c1-26(2,17-9-5-15(6-10-17)13-19(21)22)25-27(3,4)18-11-7-16(8-12-18)14-20(23)24/h5-12H,13-14H2,1-4H3,(H,21,22)(H,23,24). The molecule has 0 amide bonds. The van der Waals surface area contributed by atoms with Gasteiger partial charge in [0.2, 0.25) is 16.6 Å². The first-order valence-corrected chi connectivity index (χ1v) is 14.6. The second-order valence-electron chi connectivity index (χ2n) is 7.66. The first kappa shape index (κ1) is 21.1. The van der Waals surface area contributed by atoms with E-state index in [1.165, 1.54) is 0 Å². The molecule has 0 fully saturated rings. The number of rotatable bonds is 8. The van der Waals surface area contributed by atoms with E-state index in [2.05, 4.69) is 26.2 Å². The fourth-order valence-corrected chi connectivity index (χ4v) is 11.1. The lowest BCUT2D eigenvalue weighted by molar-refractivity contribution is -0.137. The van der Waals surface area contributed by atoms with Gasteiger partial charge in [0, 0.05) is 0 Å². The van der Waals surface area contributed by atoms with Crippen LogP contribution in [-0.2, 0) is 26.5 Å². The van der Waals surface area contributed by atoms with Gasteiger partial charge in [-0.3, -0.25) is 9.59 Å². The van der Waals surface area contributed by atoms with E-state index in [-0.39, 0.29) is 12.8 Å². The van der Waals surface area contributed by atoms with Gasteiger partial charge in [0.25, 0.3) is 0 Å². The second-order valence-corrected chi connectivity index (χ2v) is 15.7. The molecule has 2 aromatic rings. The summed E-state index contributed by atoms with van der Waals surface area (Å²) in [7, 11) is -4.36. The Morgan fingerprint density at radius 1 is 0.704 bits per heavy atom. The van der Waals surface area contributed by atoms with Gasteiger partial charge in [0.05, 0.1) is 12.8 Å². The highest BCUT2D eigenvalue weighted by Gasteiger charge is 2.35. The van der Waals surface area contributed by atoms with Crippen molar-refractivity contribution in [1.29, 1.82) is 0 Å². The van der Waals surface area contributed by atoms with Crippen molar-refractivity contribution in [2.75, 3.05) is 0 Å². The van der Waals surface area contributed by atoms with Gasteiger partial charge in [-0.15, -0.1) is 0 Å². The van der Waals surface area contributed by atoms with E-state index in [1.54, 1.807) is 0 Å². The van der Waals surface area contributed by atoms with E-state index in [9.17, 15) is 9.59 Å². The van der Waals surface area contributed by atoms with Crippen LogP contribution in [0.2, 0.25) is 26.2 Å². The number of benzene rings is 2. The molecular formula is C20H26O5Si2. The molecule has 0 saturated heterocycles. The lowest BCUT2D eigenvalue weighted by atomic mass is 10.2. The zero-order valence-corrected chi connectivity index (χ0v) is 18.2. The van der Waals surface area contributed by atoms with Crippen molar-refractivity contribution in [2.24, 2.45) is 0 Å². The number of carbonyl (C=O) groups is 2. The van der Waals surface area contributed by atoms with Gasteiger partial charge in [-0.2, -0.15) is 0 Å². The van der Waals surface area contributed by atoms with Crippen molar-refractivity contribution in [3.05, 3.63) is 59.7 Å². The summed E-state index contributed by atoms with van der Waals surface area (Å²) in [5.41, 5.74) is 1.56. The zero-order chi connectivity index (χ0) is 20.2. The van der Waals surface area contributed by atoms with Crippen LogP contribution in [0, 0.1) is 0 Å². The number of hydrogen-bond acceptors (Lipinski definition) is 3. The third kappa shape index (κ3) is 5.88. The monoisotopic (exact) mass is 402 g/mol. The van der Waals surface area contributed by atoms with Crippen LogP contribution in [0.25, 0.3) is 0 Å². The zero-order valence-electron chi connectivity index (χ0n) is 16.2. The highest BCUT2D eigenvalue weighted by atomic mass is 28.4. The average Bonchev–Trinajstić information content (AvgIpc) is 2.53. The number of aliphatic carboxylic acids is 2. The fourth-order valence-electron chi connectivity index (χ4n) is 3.15. The molecule has 5 nitrogen and oxygen atoms in total. The molecule has 0 aliphatic carbocycles. The summed E-state index contributed by atoms with van der Waals surface area (Å²) < 4.78 is 6.68. The van der Waals surface area contributed by atoms with E-state index in [1.807, 2.05) is 48.5 Å². The van der Waals surface area contributed by atoms with Crippen molar-refractivity contribution in [1.82, 2.24) is 0 Å². The first-order chi connectivity index (χ1) is 12.5. The topological polar surface area (TPSA) is 83.8 Å². The van der Waals surface area contributed by atoms with Crippen LogP contribution in [-0.4, -0.2) is 38.8 Å². The molecule has 144 valence electrons. The molecule has 0 unspecified atom stereocenters. The molecule has 0 aromatic heterocycles. The summed E-state index contributed by atoms with van der Waals surface area (Å²) in [6.07, 6.45) is 0.0398. The Hall–Kier alpha value is -2.23. The van der Waals surface area contributed by atoms with Crippen LogP contribution in [0.4, 0.5) is 0 Å². The van der Waals surface area contributed by atoms with Gasteiger partial charge >= 0.3 is 11.9 Å². The van der Waals surface area contributed by atoms with Gasteiger partial charge in [-0.25, -0.2) is 0 Å². The van der Waals surface area contributed by atoms with Crippen molar-refractivity contribution in [3.8, 4) is 0 Å². The largest absolute Gasteiger partial charge is 0.481 e. The minimum absolute atomic E-state index is 0.0199. The molecule has 2 rings (SSSR count). The molecule has 0 radical (unpaired) electrons. The molecule has 27 heavy (non-hydrogen) atoms. The molecule has 0 atom stereocenters. The summed E-state index contributed by atoms with van der Waals surface area (Å²) in [5, 5.41) is 20.0. The van der Waals surface area contributed by atoms with Crippen molar-refractivity contribution < 1.29 is 23.9 Å². The molecular weight excluding hydrogens is 376 g/mol. The molecule has 0 aliphatic heterocycles. The second kappa shape index (κ2) is 8.20. The normalized spacial score (nSPS) is 12.0. The lowest BCUT2D eigenvalue weighted by Crippen LogP contribution is -2.57. The molecule has 7 heteroatoms. The van der Waals surface area contributed by atoms with Gasteiger partial charge in [-0.05, 0) is 47.7 Å². The van der Waals surface area contributed by atoms with Crippen molar-refractivity contribution >= 4 is 38.9 Å². The molecule has 0 aliphatic rings. The van der Waals surface area contributed by atoms with Crippen LogP contribution in [0.3, 0.4) is 0 Å². The fraction of sp³-hybridized carbons (Fsp3) is 0.300. The molecule has 0 spiro atoms. The predicted molar refractivity (Wildman–Crippen MR) is 111 cm³/mol. The van der Waals surface area contributed by atoms with E-state index in [0.29, 0.717) is 0 Å². The highest BCUT2D eigenvalue weighted by Crippen LogP contribution is 2.16. The van der Waals surface area contributed by atoms with E-state index in [0.717, 1.165) is 21.5 Å². The van der Waals surface area contributed by atoms with Gasteiger partial charge in [0.15, 0.2) is 0 Å². The van der Waals surface area contributed by atoms with Crippen LogP contribution < -0.4 is 10.4 Å². The summed E-state index contributed by atoms with van der Waals surface area (Å²) in [6.45, 7) is 8.58. The molecule has 2 N–H and O–H groups in total. The molecule has 2 aromatic carbocycles. The van der Waals surface area contributed by atoms with Gasteiger partial charge in [0.1, 0.15) is 0 Å². The molecule has 0 saturated carbocycles. The molecule has 0 bridgehead atoms. The Balaban J connectivity index is 2.16. The lowest BCUT2D eigenvalue weighted by Gasteiger charge is -2.34. The maximum Gasteiger partial charge on any atom is 0.307 e. The smallest absolute Gasteiger partial charge is 0.307 e. The Morgan fingerprint density at radius 3 is 1.26 bits per heavy atom. The Kier molecular flexibility index (Phi) is 6.40. The predicted octanol–water partition coefficient (Wildman–Crippen LogP) is 2.48. The Labute approximate surface area is 161 Å². The van der Waals surface area contributed by atoms with Gasteiger partial charge in [-0.1, -0.05) is 48.5 Å². The van der Waals surface area contributed by atoms with Crippen molar-refractivity contribution in [2.45, 2.75) is 39.0 Å². The Morgan fingerprint density at radius 2 is 1.00 bits per heavy atom. The third-order valence-corrected chi connectivity index (χ3v) is 12.0. The maximum absolute atomic E-state index is 10.8. The summed E-state index contributed by atoms with van der Waals surface area (Å²) in [4.78, 5) is 21.7. The summed E-state index contributed by atoms with van der Waals surface area (Å²) >= 11 is 0. The van der Waals surface area contributed by atoms with Crippen LogP contribution in [0.5, 0.6) is 0 Å². The minimum atomic E-state index is -2.18. The van der Waals surface area contributed by atoms with E-state index >= 15 is 0 Å². The average molecular weight is 403 g/mol. The van der Waals surface area contributed by atoms with Crippen molar-refractivity contribution in [3.63, 3.8) is 0 Å². The SMILES string of the molecule is C[Si](C)(O[Si](C)(C)c1ccc(CC(=O)O)cc1)c1ccc(CC(=O)O)cc1. The molecule has 0 heterocycles. The highest BCUT2D eigenvalue weighted by molar-refractivity contribution is 6.96. The van der Waals surface area contributed by atoms with Crippen LogP contribution >= 0.6 is 0 Å². The summed E-state index contributed by atoms with van der Waals surface area (Å²) in [5.74, 6) is -1.68. The Bertz CT molecular complexity index is 742. The van der Waals surface area contributed by atoms with E-state index < -0.39 is 28.6 Å². The quantitative estimate of drug-likeness (QED) is 0.663. The minimum Gasteiger partial charge on any atom is -0.481 e. The van der Waals surface area contributed by atoms with Crippen LogP contribution in [0.15, 0.2) is 48.5 Å².